The molecule has 3 N–H and O–H groups in total. The number of amides is 2. The first-order valence-corrected chi connectivity index (χ1v) is 24.2. The summed E-state index contributed by atoms with van der Waals surface area (Å²) >= 11 is 0. The molecule has 272 valence electrons. The zero-order valence-corrected chi connectivity index (χ0v) is 32.6. The van der Waals surface area contributed by atoms with Crippen LogP contribution < -0.4 is 16.0 Å². The maximum Gasteiger partial charge on any atom is 0.415 e. The molecule has 2 aromatic rings. The van der Waals surface area contributed by atoms with E-state index in [9.17, 15) is 24.0 Å². The number of carbonyl (C=O) groups is 5. The molecule has 2 aromatic carbocycles. The van der Waals surface area contributed by atoms with Gasteiger partial charge in [-0.15, -0.1) is 0 Å². The van der Waals surface area contributed by atoms with Crippen molar-refractivity contribution in [2.45, 2.75) is 109 Å². The van der Waals surface area contributed by atoms with E-state index >= 15 is 0 Å². The van der Waals surface area contributed by atoms with Crippen LogP contribution >= 0.6 is 0 Å². The van der Waals surface area contributed by atoms with Gasteiger partial charge in [0.15, 0.2) is 0 Å². The molecule has 2 unspecified atom stereocenters. The molecule has 3 rings (SSSR count). The molecule has 2 atom stereocenters. The average Bonchev–Trinajstić information content (AvgIpc) is 3.35. The number of likely N-dealkylation sites (N-methyl/N-ethyl adjacent to an activating group) is 1. The van der Waals surface area contributed by atoms with Crippen molar-refractivity contribution < 1.29 is 38.2 Å². The number of alkyl carbamates (subject to hydrolysis) is 2. The van der Waals surface area contributed by atoms with Crippen LogP contribution in [0, 0.1) is 0 Å². The molecule has 2 amide bonds. The van der Waals surface area contributed by atoms with Crippen LogP contribution in [0.2, 0.25) is 44.9 Å². The Morgan fingerprint density at radius 2 is 1.37 bits per heavy atom. The van der Waals surface area contributed by atoms with Crippen molar-refractivity contribution in [2.24, 2.45) is 0 Å². The molecule has 0 aliphatic carbocycles. The van der Waals surface area contributed by atoms with E-state index in [1.54, 1.807) is 19.6 Å². The Kier molecular flexibility index (Phi) is 20.1. The van der Waals surface area contributed by atoms with Gasteiger partial charge in [-0.2, -0.15) is 0 Å². The molecule has 0 saturated carbocycles. The van der Waals surface area contributed by atoms with Gasteiger partial charge in [-0.3, -0.25) is 9.59 Å². The summed E-state index contributed by atoms with van der Waals surface area (Å²) in [5.74, 6) is -0.925. The third-order valence-electron chi connectivity index (χ3n) is 6.95. The molecule has 1 fully saturated rings. The quantitative estimate of drug-likeness (QED) is 0.0574. The first-order valence-electron chi connectivity index (χ1n) is 16.8. The Bertz CT molecular complexity index is 1290. The lowest BCUT2D eigenvalue weighted by molar-refractivity contribution is -0.145. The fraction of sp³-hybridized carbons (Fsp3) is 0.528. The zero-order valence-electron chi connectivity index (χ0n) is 30.6. The SMILES string of the molecule is CNC(CCCCNC(=O)OCc1ccccc1)C(C)=O.C[Si](C)(C)C[Si](C)(C)C.O=C(CCC1NC(=O)OC1=O)OCc1ccccc1. The second-order valence-electron chi connectivity index (χ2n) is 14.3. The summed E-state index contributed by atoms with van der Waals surface area (Å²) in [6, 6.07) is 18.0. The molecule has 0 radical (unpaired) electrons. The lowest BCUT2D eigenvalue weighted by Crippen LogP contribution is -2.34. The fourth-order valence-corrected chi connectivity index (χ4v) is 18.0. The van der Waals surface area contributed by atoms with Gasteiger partial charge in [-0.25, -0.2) is 14.4 Å². The highest BCUT2D eigenvalue weighted by molar-refractivity contribution is 6.94. The minimum absolute atomic E-state index is 0.0485. The number of ether oxygens (including phenoxy) is 3. The van der Waals surface area contributed by atoms with Crippen LogP contribution in [0.1, 0.15) is 50.2 Å². The van der Waals surface area contributed by atoms with E-state index in [-0.39, 0.29) is 37.9 Å². The van der Waals surface area contributed by atoms with Crippen LogP contribution in [0.25, 0.3) is 0 Å². The topological polar surface area (TPSA) is 149 Å². The van der Waals surface area contributed by atoms with Gasteiger partial charge in [0.1, 0.15) is 25.0 Å². The fourth-order valence-electron chi connectivity index (χ4n) is 5.24. The van der Waals surface area contributed by atoms with Crippen molar-refractivity contribution in [2.75, 3.05) is 13.6 Å². The van der Waals surface area contributed by atoms with Gasteiger partial charge in [0.2, 0.25) is 0 Å². The van der Waals surface area contributed by atoms with Gasteiger partial charge < -0.3 is 30.2 Å². The van der Waals surface area contributed by atoms with Crippen molar-refractivity contribution >= 4 is 46.1 Å². The number of Topliss-reactive ketones (excluding diaryl/α,β-unsaturated/α-hetero) is 1. The first kappa shape index (κ1) is 43.2. The van der Waals surface area contributed by atoms with Crippen molar-refractivity contribution in [3.8, 4) is 0 Å². The Morgan fingerprint density at radius 3 is 1.80 bits per heavy atom. The molecule has 0 bridgehead atoms. The van der Waals surface area contributed by atoms with Crippen LogP contribution in [0.15, 0.2) is 60.7 Å². The highest BCUT2D eigenvalue weighted by Crippen LogP contribution is 2.18. The predicted octanol–water partition coefficient (Wildman–Crippen LogP) is 6.61. The minimum Gasteiger partial charge on any atom is -0.461 e. The van der Waals surface area contributed by atoms with Crippen LogP contribution in [0.4, 0.5) is 9.59 Å². The highest BCUT2D eigenvalue weighted by atomic mass is 28.4. The average molecular weight is 716 g/mol. The summed E-state index contributed by atoms with van der Waals surface area (Å²) in [6.45, 7) is 17.4. The number of carbonyl (C=O) groups excluding carboxylic acids is 5. The lowest BCUT2D eigenvalue weighted by atomic mass is 10.1. The first-order chi connectivity index (χ1) is 23.0. The number of cyclic esters (lactones) is 2. The summed E-state index contributed by atoms with van der Waals surface area (Å²) in [5, 5.41) is 8.00. The molecule has 1 heterocycles. The van der Waals surface area contributed by atoms with E-state index in [4.69, 9.17) is 9.47 Å². The van der Waals surface area contributed by atoms with Gasteiger partial charge in [0, 0.05) is 29.1 Å². The maximum absolute atomic E-state index is 11.5. The summed E-state index contributed by atoms with van der Waals surface area (Å²) in [5.41, 5.74) is 3.43. The summed E-state index contributed by atoms with van der Waals surface area (Å²) in [6.07, 6.45) is 1.54. The lowest BCUT2D eigenvalue weighted by Gasteiger charge is -2.25. The number of hydrogen-bond acceptors (Lipinski definition) is 9. The zero-order chi connectivity index (χ0) is 36.9. The Morgan fingerprint density at radius 1 is 0.837 bits per heavy atom. The molecule has 1 aliphatic heterocycles. The molecule has 0 spiro atoms. The monoisotopic (exact) mass is 715 g/mol. The Hall–Kier alpha value is -3.82. The van der Waals surface area contributed by atoms with E-state index < -0.39 is 46.3 Å². The number of ketones is 1. The van der Waals surface area contributed by atoms with Crippen LogP contribution in [0.3, 0.4) is 0 Å². The van der Waals surface area contributed by atoms with E-state index in [0.717, 1.165) is 30.4 Å². The predicted molar refractivity (Wildman–Crippen MR) is 197 cm³/mol. The third-order valence-corrected chi connectivity index (χ3v) is 15.4. The Labute approximate surface area is 294 Å². The summed E-state index contributed by atoms with van der Waals surface area (Å²) < 4.78 is 14.4. The molecule has 49 heavy (non-hydrogen) atoms. The normalized spacial score (nSPS) is 14.5. The van der Waals surface area contributed by atoms with Crippen molar-refractivity contribution in [3.05, 3.63) is 71.8 Å². The van der Waals surface area contributed by atoms with Crippen LogP contribution in [-0.4, -0.2) is 71.7 Å². The maximum atomic E-state index is 11.5. The second kappa shape index (κ2) is 22.7. The Balaban J connectivity index is 0.000000396. The molecule has 11 nitrogen and oxygen atoms in total. The summed E-state index contributed by atoms with van der Waals surface area (Å²) in [4.78, 5) is 56.0. The van der Waals surface area contributed by atoms with Gasteiger partial charge in [0.05, 0.1) is 6.04 Å². The highest BCUT2D eigenvalue weighted by Gasteiger charge is 2.32. The van der Waals surface area contributed by atoms with Crippen molar-refractivity contribution in [1.29, 1.82) is 0 Å². The van der Waals surface area contributed by atoms with Gasteiger partial charge in [0.25, 0.3) is 0 Å². The van der Waals surface area contributed by atoms with E-state index in [1.165, 1.54) is 0 Å². The number of nitrogens with one attached hydrogen (secondary N) is 3. The van der Waals surface area contributed by atoms with Gasteiger partial charge >= 0.3 is 24.1 Å². The van der Waals surface area contributed by atoms with Gasteiger partial charge in [-0.05, 0) is 50.8 Å². The van der Waals surface area contributed by atoms with Crippen molar-refractivity contribution in [3.63, 3.8) is 0 Å². The van der Waals surface area contributed by atoms with Gasteiger partial charge in [-0.1, -0.05) is 106 Å². The number of rotatable bonds is 16. The van der Waals surface area contributed by atoms with Crippen LogP contribution in [0.5, 0.6) is 0 Å². The molecular formula is C36H57N3O8Si2. The van der Waals surface area contributed by atoms with Crippen LogP contribution in [-0.2, 0) is 41.8 Å². The number of hydrogen-bond donors (Lipinski definition) is 3. The molecule has 13 heteroatoms. The van der Waals surface area contributed by atoms with E-state index in [0.29, 0.717) is 6.54 Å². The smallest absolute Gasteiger partial charge is 0.415 e. The molecule has 1 saturated heterocycles. The van der Waals surface area contributed by atoms with E-state index in [2.05, 4.69) is 60.0 Å². The molecule has 1 aliphatic rings. The van der Waals surface area contributed by atoms with Crippen molar-refractivity contribution in [1.82, 2.24) is 16.0 Å². The standard InChI is InChI=1S/C16H24N2O3.C13H13NO5.C7H20Si2/c1-13(19)15(17-2)10-6-7-11-18-16(20)21-12-14-8-4-3-5-9-14;15-11(18-8-9-4-2-1-3-5-9)7-6-10-12(16)19-13(17)14-10;1-8(2,3)7-9(4,5)6/h3-5,8-9,15,17H,6-7,10-12H2,1-2H3,(H,18,20);1-5,10H,6-8H2,(H,14,17);7H2,1-6H3. The number of esters is 2. The molecule has 0 aromatic heterocycles. The van der Waals surface area contributed by atoms with E-state index in [1.807, 2.05) is 60.7 Å². The minimum atomic E-state index is -0.771. The molecular weight excluding hydrogens is 659 g/mol. The summed E-state index contributed by atoms with van der Waals surface area (Å²) in [7, 11) is 0.321. The number of unbranched alkanes of at least 4 members (excludes halogenated alkanes) is 1. The third kappa shape index (κ3) is 22.4. The largest absolute Gasteiger partial charge is 0.461 e. The number of benzene rings is 2. The second-order valence-corrected chi connectivity index (χ2v) is 26.0.